The van der Waals surface area contributed by atoms with Gasteiger partial charge in [-0.25, -0.2) is 10.9 Å². The number of nitrogens with two attached hydrogens (primary N) is 3. The predicted octanol–water partition coefficient (Wildman–Crippen LogP) is -0.907. The van der Waals surface area contributed by atoms with Gasteiger partial charge < -0.3 is 21.9 Å². The fraction of sp³-hybridized carbons (Fsp3) is 0. The molecule has 0 atom stereocenters. The molecular formula is C6H11N5O2. The molecule has 0 aromatic carbocycles. The number of hydrogen-bond donors (Lipinski definition) is 5. The summed E-state index contributed by atoms with van der Waals surface area (Å²) < 4.78 is 0. The Bertz CT molecular complexity index is 271. The zero-order valence-electron chi connectivity index (χ0n) is 6.75. The lowest BCUT2D eigenvalue weighted by molar-refractivity contribution is 0.311. The Labute approximate surface area is 74.4 Å². The van der Waals surface area contributed by atoms with Crippen LogP contribution < -0.4 is 17.4 Å². The first-order valence-electron chi connectivity index (χ1n) is 3.19. The largest absolute Gasteiger partial charge is 0.409 e. The Hall–Kier alpha value is -1.86. The van der Waals surface area contributed by atoms with Gasteiger partial charge in [-0.2, -0.15) is 0 Å². The monoisotopic (exact) mass is 185 g/mol. The van der Waals surface area contributed by atoms with E-state index in [9.17, 15) is 0 Å². The zero-order chi connectivity index (χ0) is 10.3. The summed E-state index contributed by atoms with van der Waals surface area (Å²) in [5, 5.41) is 17.6. The van der Waals surface area contributed by atoms with Crippen LogP contribution in [0.15, 0.2) is 23.5 Å². The van der Waals surface area contributed by atoms with E-state index in [1.54, 1.807) is 12.1 Å². The van der Waals surface area contributed by atoms with Crippen molar-refractivity contribution in [2.75, 3.05) is 5.73 Å². The van der Waals surface area contributed by atoms with Crippen molar-refractivity contribution in [1.29, 1.82) is 0 Å². The summed E-state index contributed by atoms with van der Waals surface area (Å²) in [4.78, 5) is 3.75. The lowest BCUT2D eigenvalue weighted by Crippen LogP contribution is -2.13. The number of anilines is 1. The van der Waals surface area contributed by atoms with Gasteiger partial charge in [0.1, 0.15) is 5.82 Å². The highest BCUT2D eigenvalue weighted by Gasteiger charge is 1.97. The Morgan fingerprint density at radius 3 is 2.38 bits per heavy atom. The molecule has 1 rings (SSSR count). The van der Waals surface area contributed by atoms with Crippen molar-refractivity contribution < 1.29 is 10.4 Å². The Morgan fingerprint density at radius 2 is 2.00 bits per heavy atom. The SMILES string of the molecule is NC(=NO)c1ccc(N)nc1.NO. The molecule has 1 aromatic rings. The molecule has 7 heteroatoms. The van der Waals surface area contributed by atoms with Crippen LogP contribution in [0.4, 0.5) is 5.82 Å². The molecule has 0 bridgehead atoms. The molecule has 0 saturated heterocycles. The number of pyridine rings is 1. The minimum absolute atomic E-state index is 0.0255. The van der Waals surface area contributed by atoms with E-state index in [1.165, 1.54) is 6.20 Å². The molecule has 72 valence electrons. The second-order valence-electron chi connectivity index (χ2n) is 1.96. The average molecular weight is 185 g/mol. The van der Waals surface area contributed by atoms with Gasteiger partial charge in [-0.05, 0) is 12.1 Å². The van der Waals surface area contributed by atoms with Gasteiger partial charge in [-0.3, -0.25) is 0 Å². The van der Waals surface area contributed by atoms with Crippen LogP contribution in [-0.4, -0.2) is 21.2 Å². The standard InChI is InChI=1S/C6H8N4O.H3NO/c7-5-2-1-4(3-9-5)6(8)10-11;1-2/h1-3,11H,(H2,7,9)(H2,8,10);2H,1H2. The molecule has 8 N–H and O–H groups in total. The van der Waals surface area contributed by atoms with Crippen LogP contribution in [0.2, 0.25) is 0 Å². The van der Waals surface area contributed by atoms with Crippen LogP contribution in [0.25, 0.3) is 0 Å². The van der Waals surface area contributed by atoms with E-state index in [0.717, 1.165) is 0 Å². The summed E-state index contributed by atoms with van der Waals surface area (Å²) in [5.41, 5.74) is 11.1. The van der Waals surface area contributed by atoms with Gasteiger partial charge in [0, 0.05) is 11.8 Å². The molecule has 7 nitrogen and oxygen atoms in total. The number of hydrogen-bond acceptors (Lipinski definition) is 6. The average Bonchev–Trinajstić information content (AvgIpc) is 2.21. The van der Waals surface area contributed by atoms with Crippen molar-refractivity contribution in [2.45, 2.75) is 0 Å². The molecule has 0 amide bonds. The van der Waals surface area contributed by atoms with Gasteiger partial charge in [0.15, 0.2) is 5.84 Å². The Kier molecular flexibility index (Phi) is 4.93. The highest BCUT2D eigenvalue weighted by atomic mass is 16.4. The third-order valence-corrected chi connectivity index (χ3v) is 1.19. The molecular weight excluding hydrogens is 174 g/mol. The maximum absolute atomic E-state index is 8.26. The van der Waals surface area contributed by atoms with Gasteiger partial charge in [0.2, 0.25) is 0 Å². The minimum Gasteiger partial charge on any atom is -0.409 e. The quantitative estimate of drug-likeness (QED) is 0.166. The van der Waals surface area contributed by atoms with Crippen molar-refractivity contribution in [3.8, 4) is 0 Å². The van der Waals surface area contributed by atoms with Gasteiger partial charge in [-0.15, -0.1) is 0 Å². The first-order chi connectivity index (χ1) is 6.24. The summed E-state index contributed by atoms with van der Waals surface area (Å²) in [7, 11) is 0. The predicted molar refractivity (Wildman–Crippen MR) is 47.1 cm³/mol. The van der Waals surface area contributed by atoms with Crippen LogP contribution in [-0.2, 0) is 0 Å². The number of amidine groups is 1. The number of nitrogen functional groups attached to an aromatic ring is 1. The second kappa shape index (κ2) is 5.75. The summed E-state index contributed by atoms with van der Waals surface area (Å²) >= 11 is 0. The highest BCUT2D eigenvalue weighted by molar-refractivity contribution is 5.96. The van der Waals surface area contributed by atoms with E-state index in [4.69, 9.17) is 21.9 Å². The topological polar surface area (TPSA) is 144 Å². The molecule has 0 saturated carbocycles. The van der Waals surface area contributed by atoms with Crippen molar-refractivity contribution in [1.82, 2.24) is 4.98 Å². The number of oxime groups is 1. The zero-order valence-corrected chi connectivity index (χ0v) is 6.75. The molecule has 0 aliphatic carbocycles. The minimum atomic E-state index is 0.0255. The lowest BCUT2D eigenvalue weighted by atomic mass is 10.3. The van der Waals surface area contributed by atoms with Crippen molar-refractivity contribution in [3.63, 3.8) is 0 Å². The Morgan fingerprint density at radius 1 is 1.38 bits per heavy atom. The molecule has 1 heterocycles. The maximum atomic E-state index is 8.26. The van der Waals surface area contributed by atoms with Crippen molar-refractivity contribution in [2.24, 2.45) is 16.8 Å². The fourth-order valence-corrected chi connectivity index (χ4v) is 0.615. The summed E-state index contributed by atoms with van der Waals surface area (Å²) in [6.07, 6.45) is 1.43. The smallest absolute Gasteiger partial charge is 0.171 e. The molecule has 0 spiro atoms. The third-order valence-electron chi connectivity index (χ3n) is 1.19. The van der Waals surface area contributed by atoms with Crippen LogP contribution in [0, 0.1) is 0 Å². The van der Waals surface area contributed by atoms with Gasteiger partial charge in [-0.1, -0.05) is 5.16 Å². The van der Waals surface area contributed by atoms with E-state index in [-0.39, 0.29) is 5.84 Å². The van der Waals surface area contributed by atoms with E-state index in [1.807, 2.05) is 0 Å². The first kappa shape index (κ1) is 11.1. The van der Waals surface area contributed by atoms with Crippen molar-refractivity contribution in [3.05, 3.63) is 23.9 Å². The normalized spacial score (nSPS) is 10.2. The molecule has 0 unspecified atom stereocenters. The fourth-order valence-electron chi connectivity index (χ4n) is 0.615. The number of aromatic nitrogens is 1. The van der Waals surface area contributed by atoms with Gasteiger partial charge in [0.25, 0.3) is 0 Å². The molecule has 0 fully saturated rings. The molecule has 0 radical (unpaired) electrons. The van der Waals surface area contributed by atoms with Crippen LogP contribution in [0.5, 0.6) is 0 Å². The van der Waals surface area contributed by atoms with Crippen molar-refractivity contribution >= 4 is 11.7 Å². The molecule has 0 aliphatic heterocycles. The van der Waals surface area contributed by atoms with E-state index in [0.29, 0.717) is 11.4 Å². The first-order valence-corrected chi connectivity index (χ1v) is 3.19. The number of rotatable bonds is 1. The molecule has 1 aromatic heterocycles. The van der Waals surface area contributed by atoms with Gasteiger partial charge in [0.05, 0.1) is 0 Å². The molecule has 0 aliphatic rings. The van der Waals surface area contributed by atoms with E-state index < -0.39 is 0 Å². The molecule has 13 heavy (non-hydrogen) atoms. The summed E-state index contributed by atoms with van der Waals surface area (Å²) in [5.74, 6) is 3.93. The summed E-state index contributed by atoms with van der Waals surface area (Å²) in [6.45, 7) is 0. The second-order valence-corrected chi connectivity index (χ2v) is 1.96. The van der Waals surface area contributed by atoms with Crippen LogP contribution >= 0.6 is 0 Å². The van der Waals surface area contributed by atoms with E-state index in [2.05, 4.69) is 16.0 Å². The van der Waals surface area contributed by atoms with Crippen LogP contribution in [0.3, 0.4) is 0 Å². The lowest BCUT2D eigenvalue weighted by Gasteiger charge is -1.96. The van der Waals surface area contributed by atoms with Gasteiger partial charge >= 0.3 is 0 Å². The number of nitrogens with zero attached hydrogens (tertiary/aromatic N) is 2. The maximum Gasteiger partial charge on any atom is 0.171 e. The highest BCUT2D eigenvalue weighted by Crippen LogP contribution is 1.99. The summed E-state index contributed by atoms with van der Waals surface area (Å²) in [6, 6.07) is 3.20. The van der Waals surface area contributed by atoms with Crippen LogP contribution in [0.1, 0.15) is 5.56 Å². The Balaban J connectivity index is 0.000000671. The third kappa shape index (κ3) is 3.36. The van der Waals surface area contributed by atoms with E-state index >= 15 is 0 Å².